The molecule has 0 spiro atoms. The van der Waals surface area contributed by atoms with Crippen molar-refractivity contribution in [3.05, 3.63) is 41.5 Å². The highest BCUT2D eigenvalue weighted by molar-refractivity contribution is 5.67. The predicted octanol–water partition coefficient (Wildman–Crippen LogP) is 2.55. The molecule has 0 saturated carbocycles. The second-order valence-electron chi connectivity index (χ2n) is 4.43. The number of carbonyl (C=O) groups is 1. The Bertz CT molecular complexity index is 603. The van der Waals surface area contributed by atoms with Gasteiger partial charge in [-0.15, -0.1) is 0 Å². The summed E-state index contributed by atoms with van der Waals surface area (Å²) in [5, 5.41) is 8.74. The summed E-state index contributed by atoms with van der Waals surface area (Å²) >= 11 is 0. The van der Waals surface area contributed by atoms with E-state index in [0.717, 1.165) is 22.8 Å². The van der Waals surface area contributed by atoms with Gasteiger partial charge in [0.2, 0.25) is 0 Å². The summed E-state index contributed by atoms with van der Waals surface area (Å²) in [6.07, 6.45) is 0.509. The molecule has 5 heteroatoms. The maximum atomic E-state index is 12.9. The Hall–Kier alpha value is -2.17. The third kappa shape index (κ3) is 2.81. The van der Waals surface area contributed by atoms with Crippen LogP contribution in [0.15, 0.2) is 24.3 Å². The van der Waals surface area contributed by atoms with Crippen molar-refractivity contribution < 1.29 is 14.3 Å². The van der Waals surface area contributed by atoms with E-state index >= 15 is 0 Å². The van der Waals surface area contributed by atoms with Crippen molar-refractivity contribution in [1.82, 2.24) is 9.55 Å². The number of aryl methyl sites for hydroxylation is 1. The number of aromatic nitrogens is 2. The van der Waals surface area contributed by atoms with Gasteiger partial charge in [-0.25, -0.2) is 9.37 Å². The standard InChI is InChI=1S/C14H15FN2O2/c1-9-12(7-8-13(18)19)17(2)14(16-9)10-3-5-11(15)6-4-10/h3-6H,7-8H2,1-2H3,(H,18,19). The van der Waals surface area contributed by atoms with Gasteiger partial charge >= 0.3 is 5.97 Å². The third-order valence-electron chi connectivity index (χ3n) is 3.09. The van der Waals surface area contributed by atoms with Gasteiger partial charge in [0.25, 0.3) is 0 Å². The zero-order chi connectivity index (χ0) is 14.0. The van der Waals surface area contributed by atoms with Crippen molar-refractivity contribution in [2.75, 3.05) is 0 Å². The maximum absolute atomic E-state index is 12.9. The van der Waals surface area contributed by atoms with Crippen LogP contribution in [0, 0.1) is 12.7 Å². The van der Waals surface area contributed by atoms with E-state index in [9.17, 15) is 9.18 Å². The molecule has 0 saturated heterocycles. The van der Waals surface area contributed by atoms with Gasteiger partial charge in [0.1, 0.15) is 11.6 Å². The SMILES string of the molecule is Cc1nc(-c2ccc(F)cc2)n(C)c1CCC(=O)O. The number of nitrogens with zero attached hydrogens (tertiary/aromatic N) is 2. The number of imidazole rings is 1. The Balaban J connectivity index is 2.35. The van der Waals surface area contributed by atoms with E-state index < -0.39 is 5.97 Å². The summed E-state index contributed by atoms with van der Waals surface area (Å²) in [6.45, 7) is 1.85. The number of carboxylic acid groups (broad SMARTS) is 1. The van der Waals surface area contributed by atoms with Crippen LogP contribution in [0.3, 0.4) is 0 Å². The van der Waals surface area contributed by atoms with E-state index in [-0.39, 0.29) is 12.2 Å². The number of halogens is 1. The fraction of sp³-hybridized carbons (Fsp3) is 0.286. The van der Waals surface area contributed by atoms with E-state index in [1.54, 1.807) is 12.1 Å². The molecule has 0 amide bonds. The number of benzene rings is 1. The second kappa shape index (κ2) is 5.22. The highest BCUT2D eigenvalue weighted by Crippen LogP contribution is 2.22. The quantitative estimate of drug-likeness (QED) is 0.921. The molecule has 0 radical (unpaired) electrons. The second-order valence-corrected chi connectivity index (χ2v) is 4.43. The minimum absolute atomic E-state index is 0.0726. The Morgan fingerprint density at radius 1 is 1.37 bits per heavy atom. The van der Waals surface area contributed by atoms with Gasteiger partial charge in [0, 0.05) is 18.3 Å². The Morgan fingerprint density at radius 2 is 2.00 bits per heavy atom. The summed E-state index contributed by atoms with van der Waals surface area (Å²) < 4.78 is 14.8. The molecule has 0 bridgehead atoms. The lowest BCUT2D eigenvalue weighted by Gasteiger charge is -2.05. The van der Waals surface area contributed by atoms with Crippen molar-refractivity contribution in [1.29, 1.82) is 0 Å². The average Bonchev–Trinajstić information content (AvgIpc) is 2.63. The van der Waals surface area contributed by atoms with Crippen LogP contribution < -0.4 is 0 Å². The largest absolute Gasteiger partial charge is 0.481 e. The van der Waals surface area contributed by atoms with E-state index in [1.165, 1.54) is 12.1 Å². The smallest absolute Gasteiger partial charge is 0.303 e. The molecule has 0 aliphatic rings. The van der Waals surface area contributed by atoms with Gasteiger partial charge in [-0.05, 0) is 37.6 Å². The first-order valence-corrected chi connectivity index (χ1v) is 5.99. The number of aliphatic carboxylic acids is 1. The van der Waals surface area contributed by atoms with Crippen LogP contribution in [0.2, 0.25) is 0 Å². The molecule has 1 N–H and O–H groups in total. The lowest BCUT2D eigenvalue weighted by atomic mass is 10.2. The van der Waals surface area contributed by atoms with E-state index in [1.807, 2.05) is 18.5 Å². The molecule has 1 aromatic carbocycles. The van der Waals surface area contributed by atoms with Crippen LogP contribution >= 0.6 is 0 Å². The van der Waals surface area contributed by atoms with E-state index in [2.05, 4.69) is 4.98 Å². The molecule has 2 aromatic rings. The lowest BCUT2D eigenvalue weighted by Crippen LogP contribution is -2.04. The Labute approximate surface area is 110 Å². The highest BCUT2D eigenvalue weighted by Gasteiger charge is 2.14. The van der Waals surface area contributed by atoms with Crippen LogP contribution in [-0.4, -0.2) is 20.6 Å². The maximum Gasteiger partial charge on any atom is 0.303 e. The first-order chi connectivity index (χ1) is 8.99. The van der Waals surface area contributed by atoms with Crippen LogP contribution in [-0.2, 0) is 18.3 Å². The van der Waals surface area contributed by atoms with E-state index in [4.69, 9.17) is 5.11 Å². The monoisotopic (exact) mass is 262 g/mol. The van der Waals surface area contributed by atoms with Crippen molar-refractivity contribution in [3.8, 4) is 11.4 Å². The Kier molecular flexibility index (Phi) is 3.64. The molecule has 0 aliphatic heterocycles. The molecule has 0 aliphatic carbocycles. The number of carboxylic acids is 1. The average molecular weight is 262 g/mol. The molecule has 100 valence electrons. The zero-order valence-corrected chi connectivity index (χ0v) is 10.9. The van der Waals surface area contributed by atoms with Gasteiger partial charge < -0.3 is 9.67 Å². The molecular weight excluding hydrogens is 247 g/mol. The topological polar surface area (TPSA) is 55.1 Å². The molecule has 1 aromatic heterocycles. The van der Waals surface area contributed by atoms with Crippen molar-refractivity contribution in [2.45, 2.75) is 19.8 Å². The Morgan fingerprint density at radius 3 is 2.58 bits per heavy atom. The molecular formula is C14H15FN2O2. The van der Waals surface area contributed by atoms with Gasteiger partial charge in [-0.2, -0.15) is 0 Å². The minimum atomic E-state index is -0.830. The van der Waals surface area contributed by atoms with Gasteiger partial charge in [-0.3, -0.25) is 4.79 Å². The summed E-state index contributed by atoms with van der Waals surface area (Å²) in [4.78, 5) is 15.1. The number of rotatable bonds is 4. The molecule has 1 heterocycles. The molecule has 0 atom stereocenters. The number of hydrogen-bond acceptors (Lipinski definition) is 2. The summed E-state index contributed by atoms with van der Waals surface area (Å²) in [5.41, 5.74) is 2.51. The lowest BCUT2D eigenvalue weighted by molar-refractivity contribution is -0.136. The summed E-state index contributed by atoms with van der Waals surface area (Å²) in [6, 6.07) is 6.10. The molecule has 0 fully saturated rings. The first kappa shape index (κ1) is 13.3. The van der Waals surface area contributed by atoms with Crippen LogP contribution in [0.5, 0.6) is 0 Å². The van der Waals surface area contributed by atoms with E-state index in [0.29, 0.717) is 6.42 Å². The molecule has 0 unspecified atom stereocenters. The minimum Gasteiger partial charge on any atom is -0.481 e. The highest BCUT2D eigenvalue weighted by atomic mass is 19.1. The van der Waals surface area contributed by atoms with Crippen LogP contribution in [0.25, 0.3) is 11.4 Å². The van der Waals surface area contributed by atoms with Crippen LogP contribution in [0.1, 0.15) is 17.8 Å². The van der Waals surface area contributed by atoms with Crippen LogP contribution in [0.4, 0.5) is 4.39 Å². The number of hydrogen-bond donors (Lipinski definition) is 1. The first-order valence-electron chi connectivity index (χ1n) is 5.99. The zero-order valence-electron chi connectivity index (χ0n) is 10.9. The fourth-order valence-corrected chi connectivity index (χ4v) is 2.10. The molecule has 2 rings (SSSR count). The predicted molar refractivity (Wildman–Crippen MR) is 69.3 cm³/mol. The third-order valence-corrected chi connectivity index (χ3v) is 3.09. The summed E-state index contributed by atoms with van der Waals surface area (Å²) in [5.74, 6) is -0.400. The van der Waals surface area contributed by atoms with Crippen molar-refractivity contribution >= 4 is 5.97 Å². The van der Waals surface area contributed by atoms with Crippen molar-refractivity contribution in [3.63, 3.8) is 0 Å². The molecule has 19 heavy (non-hydrogen) atoms. The fourth-order valence-electron chi connectivity index (χ4n) is 2.10. The van der Waals surface area contributed by atoms with Gasteiger partial charge in [0.15, 0.2) is 0 Å². The van der Waals surface area contributed by atoms with Gasteiger partial charge in [-0.1, -0.05) is 0 Å². The normalized spacial score (nSPS) is 10.7. The van der Waals surface area contributed by atoms with Gasteiger partial charge in [0.05, 0.1) is 12.1 Å². The van der Waals surface area contributed by atoms with Crippen molar-refractivity contribution in [2.24, 2.45) is 7.05 Å². The molecule has 4 nitrogen and oxygen atoms in total. The summed E-state index contributed by atoms with van der Waals surface area (Å²) in [7, 11) is 1.84.